The van der Waals surface area contributed by atoms with E-state index in [-0.39, 0.29) is 36.8 Å². The first-order chi connectivity index (χ1) is 11.7. The molecule has 1 aromatic heterocycles. The Kier molecular flexibility index (Phi) is 9.69. The second-order valence-electron chi connectivity index (χ2n) is 7.27. The van der Waals surface area contributed by atoms with E-state index in [9.17, 15) is 4.79 Å². The van der Waals surface area contributed by atoms with Crippen LogP contribution in [0.15, 0.2) is 24.4 Å². The molecule has 0 spiro atoms. The number of nitrogens with zero attached hydrogens (tertiary/aromatic N) is 3. The van der Waals surface area contributed by atoms with E-state index in [2.05, 4.69) is 27.8 Å². The Bertz CT molecular complexity index is 538. The summed E-state index contributed by atoms with van der Waals surface area (Å²) in [7, 11) is 0. The molecule has 3 rings (SSSR count). The van der Waals surface area contributed by atoms with Crippen molar-refractivity contribution in [3.05, 3.63) is 24.4 Å². The standard InChI is InChI=1S/C19H30N4O.2ClH/c1-2-22(19(24)16-6-7-17(20)13-16)14-15-8-11-23(12-9-15)18-5-3-4-10-21-18;;/h3-5,10,15-17H,2,6-9,11-14,20H2,1H3;2*1H. The summed E-state index contributed by atoms with van der Waals surface area (Å²) in [6.07, 6.45) is 6.94. The van der Waals surface area contributed by atoms with Crippen molar-refractivity contribution in [3.63, 3.8) is 0 Å². The Morgan fingerprint density at radius 3 is 2.50 bits per heavy atom. The molecule has 2 fully saturated rings. The lowest BCUT2D eigenvalue weighted by atomic mass is 9.95. The molecule has 1 aliphatic heterocycles. The number of halogens is 2. The molecule has 0 aromatic carbocycles. The summed E-state index contributed by atoms with van der Waals surface area (Å²) >= 11 is 0. The van der Waals surface area contributed by atoms with Crippen LogP contribution < -0.4 is 10.6 Å². The molecule has 1 saturated carbocycles. The van der Waals surface area contributed by atoms with Crippen molar-refractivity contribution < 1.29 is 4.79 Å². The minimum atomic E-state index is 0. The van der Waals surface area contributed by atoms with Gasteiger partial charge < -0.3 is 15.5 Å². The number of nitrogens with two attached hydrogens (primary N) is 1. The van der Waals surface area contributed by atoms with Crippen LogP contribution in [-0.2, 0) is 4.79 Å². The largest absolute Gasteiger partial charge is 0.357 e. The molecule has 1 aliphatic carbocycles. The molecular weight excluding hydrogens is 371 g/mol. The van der Waals surface area contributed by atoms with E-state index in [1.165, 1.54) is 0 Å². The molecular formula is C19H32Cl2N4O. The van der Waals surface area contributed by atoms with Gasteiger partial charge in [-0.1, -0.05) is 6.07 Å². The van der Waals surface area contributed by atoms with Gasteiger partial charge in [0.05, 0.1) is 0 Å². The van der Waals surface area contributed by atoms with Gasteiger partial charge in [0, 0.05) is 44.3 Å². The summed E-state index contributed by atoms with van der Waals surface area (Å²) in [6.45, 7) is 5.86. The molecule has 5 nitrogen and oxygen atoms in total. The van der Waals surface area contributed by atoms with Gasteiger partial charge in [-0.05, 0) is 57.1 Å². The monoisotopic (exact) mass is 402 g/mol. The molecule has 0 bridgehead atoms. The molecule has 2 unspecified atom stereocenters. The van der Waals surface area contributed by atoms with E-state index in [4.69, 9.17) is 5.73 Å². The first-order valence-electron chi connectivity index (χ1n) is 9.37. The van der Waals surface area contributed by atoms with Crippen LogP contribution in [0, 0.1) is 11.8 Å². The normalized spacial score (nSPS) is 23.1. The number of carbonyl (C=O) groups is 1. The van der Waals surface area contributed by atoms with Crippen LogP contribution in [-0.4, -0.2) is 48.0 Å². The highest BCUT2D eigenvalue weighted by molar-refractivity contribution is 5.85. The SMILES string of the molecule is CCN(CC1CCN(c2ccccn2)CC1)C(=O)C1CCC(N)C1.Cl.Cl. The fourth-order valence-corrected chi connectivity index (χ4v) is 4.07. The minimum absolute atomic E-state index is 0. The zero-order valence-corrected chi connectivity index (χ0v) is 17.2. The first kappa shape index (κ1) is 23.0. The van der Waals surface area contributed by atoms with Gasteiger partial charge in [-0.15, -0.1) is 24.8 Å². The van der Waals surface area contributed by atoms with Crippen LogP contribution in [0.5, 0.6) is 0 Å². The van der Waals surface area contributed by atoms with Crippen LogP contribution >= 0.6 is 24.8 Å². The van der Waals surface area contributed by atoms with Gasteiger partial charge in [-0.3, -0.25) is 4.79 Å². The summed E-state index contributed by atoms with van der Waals surface area (Å²) in [6, 6.07) is 6.29. The summed E-state index contributed by atoms with van der Waals surface area (Å²) < 4.78 is 0. The van der Waals surface area contributed by atoms with E-state index in [1.807, 2.05) is 18.3 Å². The van der Waals surface area contributed by atoms with Crippen molar-refractivity contribution in [1.29, 1.82) is 0 Å². The number of hydrogen-bond donors (Lipinski definition) is 1. The Balaban J connectivity index is 0.00000169. The first-order valence-corrected chi connectivity index (χ1v) is 9.37. The zero-order valence-electron chi connectivity index (χ0n) is 15.5. The smallest absolute Gasteiger partial charge is 0.225 e. The van der Waals surface area contributed by atoms with Crippen molar-refractivity contribution in [2.75, 3.05) is 31.1 Å². The Hall–Kier alpha value is -1.04. The van der Waals surface area contributed by atoms with Gasteiger partial charge in [0.2, 0.25) is 5.91 Å². The number of pyridine rings is 1. The molecule has 0 radical (unpaired) electrons. The highest BCUT2D eigenvalue weighted by atomic mass is 35.5. The maximum absolute atomic E-state index is 12.7. The van der Waals surface area contributed by atoms with Gasteiger partial charge in [-0.25, -0.2) is 4.98 Å². The van der Waals surface area contributed by atoms with Crippen molar-refractivity contribution >= 4 is 36.5 Å². The molecule has 1 aromatic rings. The maximum Gasteiger partial charge on any atom is 0.225 e. The number of hydrogen-bond acceptors (Lipinski definition) is 4. The van der Waals surface area contributed by atoms with Crippen molar-refractivity contribution in [3.8, 4) is 0 Å². The quantitative estimate of drug-likeness (QED) is 0.821. The minimum Gasteiger partial charge on any atom is -0.357 e. The number of rotatable bonds is 5. The molecule has 148 valence electrons. The second kappa shape index (κ2) is 11.0. The van der Waals surface area contributed by atoms with Gasteiger partial charge in [-0.2, -0.15) is 0 Å². The van der Waals surface area contributed by atoms with E-state index in [0.717, 1.165) is 64.1 Å². The Morgan fingerprint density at radius 1 is 1.23 bits per heavy atom. The number of amides is 1. The third-order valence-corrected chi connectivity index (χ3v) is 5.58. The summed E-state index contributed by atoms with van der Waals surface area (Å²) in [4.78, 5) is 21.6. The fraction of sp³-hybridized carbons (Fsp3) is 0.684. The predicted octanol–water partition coefficient (Wildman–Crippen LogP) is 3.12. The van der Waals surface area contributed by atoms with Crippen LogP contribution in [0.3, 0.4) is 0 Å². The average molecular weight is 403 g/mol. The van der Waals surface area contributed by atoms with Crippen LogP contribution in [0.25, 0.3) is 0 Å². The zero-order chi connectivity index (χ0) is 16.9. The Labute approximate surface area is 169 Å². The molecule has 26 heavy (non-hydrogen) atoms. The van der Waals surface area contributed by atoms with Gasteiger partial charge in [0.25, 0.3) is 0 Å². The summed E-state index contributed by atoms with van der Waals surface area (Å²) in [5, 5.41) is 0. The van der Waals surface area contributed by atoms with Gasteiger partial charge in [0.1, 0.15) is 5.82 Å². The van der Waals surface area contributed by atoms with Crippen molar-refractivity contribution in [1.82, 2.24) is 9.88 Å². The van der Waals surface area contributed by atoms with Crippen LogP contribution in [0.4, 0.5) is 5.82 Å². The Morgan fingerprint density at radius 2 is 1.96 bits per heavy atom. The second-order valence-corrected chi connectivity index (χ2v) is 7.27. The van der Waals surface area contributed by atoms with Gasteiger partial charge >= 0.3 is 0 Å². The van der Waals surface area contributed by atoms with E-state index in [1.54, 1.807) is 0 Å². The summed E-state index contributed by atoms with van der Waals surface area (Å²) in [5.74, 6) is 2.16. The summed E-state index contributed by atoms with van der Waals surface area (Å²) in [5.41, 5.74) is 5.98. The number of aromatic nitrogens is 1. The lowest BCUT2D eigenvalue weighted by Crippen LogP contribution is -2.43. The molecule has 2 heterocycles. The van der Waals surface area contributed by atoms with Crippen molar-refractivity contribution in [2.45, 2.75) is 45.1 Å². The molecule has 1 amide bonds. The van der Waals surface area contributed by atoms with Crippen LogP contribution in [0.2, 0.25) is 0 Å². The average Bonchev–Trinajstić information content (AvgIpc) is 3.07. The third kappa shape index (κ3) is 5.73. The highest BCUT2D eigenvalue weighted by Gasteiger charge is 2.32. The molecule has 1 saturated heterocycles. The highest BCUT2D eigenvalue weighted by Crippen LogP contribution is 2.28. The third-order valence-electron chi connectivity index (χ3n) is 5.58. The number of piperidine rings is 1. The molecule has 2 atom stereocenters. The molecule has 2 aliphatic rings. The van der Waals surface area contributed by atoms with E-state index in [0.29, 0.717) is 11.8 Å². The fourth-order valence-electron chi connectivity index (χ4n) is 4.07. The predicted molar refractivity (Wildman–Crippen MR) is 111 cm³/mol. The number of carbonyl (C=O) groups excluding carboxylic acids is 1. The van der Waals surface area contributed by atoms with Gasteiger partial charge in [0.15, 0.2) is 0 Å². The number of anilines is 1. The topological polar surface area (TPSA) is 62.5 Å². The van der Waals surface area contributed by atoms with E-state index < -0.39 is 0 Å². The molecule has 2 N–H and O–H groups in total. The maximum atomic E-state index is 12.7. The lowest BCUT2D eigenvalue weighted by Gasteiger charge is -2.35. The van der Waals surface area contributed by atoms with Crippen molar-refractivity contribution in [2.24, 2.45) is 17.6 Å². The van der Waals surface area contributed by atoms with Crippen LogP contribution in [0.1, 0.15) is 39.0 Å². The van der Waals surface area contributed by atoms with E-state index >= 15 is 0 Å². The lowest BCUT2D eigenvalue weighted by molar-refractivity contribution is -0.135. The molecule has 7 heteroatoms.